The third-order valence-corrected chi connectivity index (χ3v) is 3.27. The lowest BCUT2D eigenvalue weighted by atomic mass is 10.1. The first kappa shape index (κ1) is 13.9. The van der Waals surface area contributed by atoms with Crippen LogP contribution in [0.5, 0.6) is 11.5 Å². The Labute approximate surface area is 127 Å². The van der Waals surface area contributed by atoms with Gasteiger partial charge in [-0.3, -0.25) is 10.1 Å². The number of H-pyrrole nitrogens is 1. The van der Waals surface area contributed by atoms with Crippen LogP contribution in [0.4, 0.5) is 5.69 Å². The molecule has 0 bridgehead atoms. The van der Waals surface area contributed by atoms with Gasteiger partial charge in [0, 0.05) is 11.8 Å². The van der Waals surface area contributed by atoms with Crippen LogP contribution in [0.15, 0.2) is 60.7 Å². The number of aromatic nitrogens is 1. The van der Waals surface area contributed by atoms with Crippen LogP contribution in [0, 0.1) is 17.0 Å². The topological polar surface area (TPSA) is 68.2 Å². The Morgan fingerprint density at radius 3 is 2.41 bits per heavy atom. The van der Waals surface area contributed by atoms with Crippen molar-refractivity contribution in [1.29, 1.82) is 0 Å². The second kappa shape index (κ2) is 5.73. The molecule has 0 atom stereocenters. The van der Waals surface area contributed by atoms with Crippen LogP contribution in [-0.4, -0.2) is 9.91 Å². The van der Waals surface area contributed by atoms with Gasteiger partial charge in [-0.2, -0.15) is 0 Å². The zero-order valence-electron chi connectivity index (χ0n) is 11.9. The fourth-order valence-electron chi connectivity index (χ4n) is 2.29. The Kier molecular flexibility index (Phi) is 3.62. The Hall–Kier alpha value is -3.08. The highest BCUT2D eigenvalue weighted by Crippen LogP contribution is 2.39. The normalized spacial score (nSPS) is 10.4. The molecule has 110 valence electrons. The molecular formula is C17H14N2O3. The summed E-state index contributed by atoms with van der Waals surface area (Å²) >= 11 is 0. The number of nitrogens with one attached hydrogen (secondary N) is 1. The van der Waals surface area contributed by atoms with Crippen LogP contribution in [0.25, 0.3) is 11.3 Å². The SMILES string of the molecule is Cc1ccc(-c2c(Oc3ccccc3)cccc2[N+](=O)[O-])[nH]1. The van der Waals surface area contributed by atoms with Crippen molar-refractivity contribution in [1.82, 2.24) is 4.98 Å². The summed E-state index contributed by atoms with van der Waals surface area (Å²) in [6, 6.07) is 17.7. The number of ether oxygens (including phenoxy) is 1. The van der Waals surface area contributed by atoms with Crippen LogP contribution >= 0.6 is 0 Å². The largest absolute Gasteiger partial charge is 0.456 e. The van der Waals surface area contributed by atoms with Crippen molar-refractivity contribution in [2.45, 2.75) is 6.92 Å². The van der Waals surface area contributed by atoms with E-state index in [0.29, 0.717) is 22.8 Å². The zero-order valence-corrected chi connectivity index (χ0v) is 11.9. The maximum Gasteiger partial charge on any atom is 0.282 e. The van der Waals surface area contributed by atoms with Crippen LogP contribution < -0.4 is 4.74 Å². The van der Waals surface area contributed by atoms with Gasteiger partial charge in [0.2, 0.25) is 0 Å². The molecule has 0 aliphatic heterocycles. The predicted molar refractivity (Wildman–Crippen MR) is 84.1 cm³/mol. The van der Waals surface area contributed by atoms with Crippen LogP contribution in [0.2, 0.25) is 0 Å². The number of aromatic amines is 1. The molecule has 0 aliphatic carbocycles. The van der Waals surface area contributed by atoms with E-state index in [2.05, 4.69) is 4.98 Å². The highest BCUT2D eigenvalue weighted by atomic mass is 16.6. The summed E-state index contributed by atoms with van der Waals surface area (Å²) < 4.78 is 5.84. The molecule has 0 amide bonds. The van der Waals surface area contributed by atoms with Gasteiger partial charge in [-0.1, -0.05) is 24.3 Å². The van der Waals surface area contributed by atoms with Crippen molar-refractivity contribution in [3.05, 3.63) is 76.5 Å². The summed E-state index contributed by atoms with van der Waals surface area (Å²) in [5.41, 5.74) is 2.05. The standard InChI is InChI=1S/C17H14N2O3/c1-12-10-11-14(18-12)17-15(19(20)21)8-5-9-16(17)22-13-6-3-2-4-7-13/h2-11,18H,1H3. The molecule has 3 aromatic rings. The quantitative estimate of drug-likeness (QED) is 0.560. The Morgan fingerprint density at radius 2 is 1.77 bits per heavy atom. The van der Waals surface area contributed by atoms with Gasteiger partial charge in [-0.05, 0) is 37.3 Å². The number of rotatable bonds is 4. The summed E-state index contributed by atoms with van der Waals surface area (Å²) in [7, 11) is 0. The fraction of sp³-hybridized carbons (Fsp3) is 0.0588. The van der Waals surface area contributed by atoms with Gasteiger partial charge in [-0.25, -0.2) is 0 Å². The van der Waals surface area contributed by atoms with Crippen molar-refractivity contribution in [2.75, 3.05) is 0 Å². The molecule has 0 aliphatic rings. The van der Waals surface area contributed by atoms with E-state index in [9.17, 15) is 10.1 Å². The van der Waals surface area contributed by atoms with Crippen molar-refractivity contribution in [2.24, 2.45) is 0 Å². The smallest absolute Gasteiger partial charge is 0.282 e. The first-order valence-corrected chi connectivity index (χ1v) is 6.81. The van der Waals surface area contributed by atoms with E-state index in [1.54, 1.807) is 12.1 Å². The molecule has 5 nitrogen and oxygen atoms in total. The van der Waals surface area contributed by atoms with Crippen molar-refractivity contribution >= 4 is 5.69 Å². The minimum atomic E-state index is -0.399. The average molecular weight is 294 g/mol. The number of para-hydroxylation sites is 1. The fourth-order valence-corrected chi connectivity index (χ4v) is 2.29. The first-order chi connectivity index (χ1) is 10.6. The molecule has 0 saturated carbocycles. The molecule has 0 saturated heterocycles. The molecule has 1 aromatic heterocycles. The number of nitro benzene ring substituents is 1. The maximum absolute atomic E-state index is 11.3. The molecule has 0 unspecified atom stereocenters. The zero-order chi connectivity index (χ0) is 15.5. The second-order valence-electron chi connectivity index (χ2n) is 4.88. The Morgan fingerprint density at radius 1 is 1.00 bits per heavy atom. The molecule has 0 fully saturated rings. The molecule has 5 heteroatoms. The third kappa shape index (κ3) is 2.69. The molecule has 1 heterocycles. The molecule has 1 N–H and O–H groups in total. The van der Waals surface area contributed by atoms with E-state index < -0.39 is 4.92 Å². The lowest BCUT2D eigenvalue weighted by Gasteiger charge is -2.10. The molecular weight excluding hydrogens is 280 g/mol. The summed E-state index contributed by atoms with van der Waals surface area (Å²) in [5.74, 6) is 1.08. The molecule has 0 radical (unpaired) electrons. The number of hydrogen-bond donors (Lipinski definition) is 1. The average Bonchev–Trinajstić information content (AvgIpc) is 2.94. The number of benzene rings is 2. The summed E-state index contributed by atoms with van der Waals surface area (Å²) in [5, 5.41) is 11.3. The number of nitro groups is 1. The lowest BCUT2D eigenvalue weighted by molar-refractivity contribution is -0.384. The third-order valence-electron chi connectivity index (χ3n) is 3.27. The second-order valence-corrected chi connectivity index (χ2v) is 4.88. The van der Waals surface area contributed by atoms with E-state index >= 15 is 0 Å². The van der Waals surface area contributed by atoms with E-state index in [1.807, 2.05) is 49.4 Å². The van der Waals surface area contributed by atoms with Gasteiger partial charge in [0.05, 0.1) is 10.6 Å². The van der Waals surface area contributed by atoms with Crippen LogP contribution in [0.3, 0.4) is 0 Å². The van der Waals surface area contributed by atoms with Gasteiger partial charge in [-0.15, -0.1) is 0 Å². The predicted octanol–water partition coefficient (Wildman–Crippen LogP) is 4.69. The van der Waals surface area contributed by atoms with Gasteiger partial charge < -0.3 is 9.72 Å². The van der Waals surface area contributed by atoms with E-state index in [4.69, 9.17) is 4.74 Å². The minimum Gasteiger partial charge on any atom is -0.456 e. The van der Waals surface area contributed by atoms with Gasteiger partial charge in [0.15, 0.2) is 0 Å². The van der Waals surface area contributed by atoms with Crippen molar-refractivity contribution in [3.63, 3.8) is 0 Å². The molecule has 3 rings (SSSR count). The molecule has 0 spiro atoms. The minimum absolute atomic E-state index is 0.00952. The lowest BCUT2D eigenvalue weighted by Crippen LogP contribution is -1.95. The van der Waals surface area contributed by atoms with E-state index in [0.717, 1.165) is 5.69 Å². The summed E-state index contributed by atoms with van der Waals surface area (Å²) in [4.78, 5) is 14.1. The number of hydrogen-bond acceptors (Lipinski definition) is 3. The summed E-state index contributed by atoms with van der Waals surface area (Å²) in [6.07, 6.45) is 0. The highest BCUT2D eigenvalue weighted by Gasteiger charge is 2.21. The van der Waals surface area contributed by atoms with E-state index in [1.165, 1.54) is 6.07 Å². The van der Waals surface area contributed by atoms with Crippen LogP contribution in [-0.2, 0) is 0 Å². The summed E-state index contributed by atoms with van der Waals surface area (Å²) in [6.45, 7) is 1.90. The first-order valence-electron chi connectivity index (χ1n) is 6.81. The highest BCUT2D eigenvalue weighted by molar-refractivity contribution is 5.78. The maximum atomic E-state index is 11.3. The van der Waals surface area contributed by atoms with Crippen molar-refractivity contribution in [3.8, 4) is 22.8 Å². The molecule has 22 heavy (non-hydrogen) atoms. The van der Waals surface area contributed by atoms with Crippen molar-refractivity contribution < 1.29 is 9.66 Å². The number of nitrogens with zero attached hydrogens (tertiary/aromatic N) is 1. The van der Waals surface area contributed by atoms with Gasteiger partial charge >= 0.3 is 0 Å². The van der Waals surface area contributed by atoms with Gasteiger partial charge in [0.25, 0.3) is 5.69 Å². The molecule has 2 aromatic carbocycles. The number of aryl methyl sites for hydroxylation is 1. The van der Waals surface area contributed by atoms with Gasteiger partial charge in [0.1, 0.15) is 17.1 Å². The van der Waals surface area contributed by atoms with E-state index in [-0.39, 0.29) is 5.69 Å². The Bertz CT molecular complexity index is 810. The Balaban J connectivity index is 2.13. The monoisotopic (exact) mass is 294 g/mol. The van der Waals surface area contributed by atoms with Crippen LogP contribution in [0.1, 0.15) is 5.69 Å².